The molecule has 2 aromatic rings. The van der Waals surface area contributed by atoms with Crippen LogP contribution >= 0.6 is 34.8 Å². The summed E-state index contributed by atoms with van der Waals surface area (Å²) in [6.45, 7) is 2.50. The van der Waals surface area contributed by atoms with Gasteiger partial charge in [0.2, 0.25) is 0 Å². The number of H-pyrrole nitrogens is 1. The lowest BCUT2D eigenvalue weighted by Gasteiger charge is -2.05. The third kappa shape index (κ3) is 1.85. The molecule has 0 unspecified atom stereocenters. The van der Waals surface area contributed by atoms with Crippen LogP contribution in [0.2, 0.25) is 0 Å². The normalized spacial score (nSPS) is 10.8. The molecular weight excluding hydrogens is 323 g/mol. The smallest absolute Gasteiger partial charge is 0.262 e. The van der Waals surface area contributed by atoms with Crippen LogP contribution in [0, 0.1) is 8.34 Å². The van der Waals surface area contributed by atoms with Crippen LogP contribution in [-0.2, 0) is 6.54 Å². The molecule has 15 heavy (non-hydrogen) atoms. The maximum absolute atomic E-state index is 12.0. The number of aromatic amines is 1. The highest BCUT2D eigenvalue weighted by atomic mass is 127. The van der Waals surface area contributed by atoms with E-state index >= 15 is 0 Å². The first-order valence-corrected chi connectivity index (χ1v) is 6.04. The molecule has 1 heterocycles. The Morgan fingerprint density at radius 1 is 1.53 bits per heavy atom. The van der Waals surface area contributed by atoms with E-state index in [9.17, 15) is 4.79 Å². The highest BCUT2D eigenvalue weighted by Crippen LogP contribution is 2.11. The molecule has 1 aromatic heterocycles. The largest absolute Gasteiger partial charge is 0.332 e. The van der Waals surface area contributed by atoms with Gasteiger partial charge in [-0.1, -0.05) is 0 Å². The van der Waals surface area contributed by atoms with Crippen molar-refractivity contribution in [3.63, 3.8) is 0 Å². The molecule has 0 spiro atoms. The summed E-state index contributed by atoms with van der Waals surface area (Å²) >= 11 is 7.29. The van der Waals surface area contributed by atoms with E-state index < -0.39 is 0 Å². The van der Waals surface area contributed by atoms with E-state index in [0.717, 1.165) is 9.09 Å². The summed E-state index contributed by atoms with van der Waals surface area (Å²) in [6, 6.07) is 5.70. The molecule has 0 bridgehead atoms. The van der Waals surface area contributed by atoms with E-state index in [2.05, 4.69) is 27.6 Å². The van der Waals surface area contributed by atoms with Gasteiger partial charge in [0.05, 0.1) is 10.9 Å². The number of fused-ring (bicyclic) bond motifs is 1. The Bertz CT molecular complexity index is 629. The molecule has 0 radical (unpaired) electrons. The molecule has 0 aliphatic rings. The van der Waals surface area contributed by atoms with Crippen molar-refractivity contribution in [1.29, 1.82) is 0 Å². The van der Waals surface area contributed by atoms with Crippen molar-refractivity contribution in [2.45, 2.75) is 13.5 Å². The summed E-state index contributed by atoms with van der Waals surface area (Å²) in [5, 5.41) is 0.692. The van der Waals surface area contributed by atoms with Crippen molar-refractivity contribution in [2.75, 3.05) is 0 Å². The highest BCUT2D eigenvalue weighted by molar-refractivity contribution is 14.1. The van der Waals surface area contributed by atoms with Crippen molar-refractivity contribution in [1.82, 2.24) is 9.55 Å². The molecule has 1 N–H and O–H groups in total. The van der Waals surface area contributed by atoms with Crippen LogP contribution in [0.15, 0.2) is 23.0 Å². The summed E-state index contributed by atoms with van der Waals surface area (Å²) in [5.74, 6) is 0. The zero-order valence-electron chi connectivity index (χ0n) is 8.08. The zero-order chi connectivity index (χ0) is 11.0. The van der Waals surface area contributed by atoms with Crippen molar-refractivity contribution in [3.8, 4) is 0 Å². The molecule has 0 saturated carbocycles. The minimum Gasteiger partial charge on any atom is -0.332 e. The van der Waals surface area contributed by atoms with Crippen LogP contribution in [0.5, 0.6) is 0 Å². The maximum Gasteiger partial charge on any atom is 0.262 e. The average molecular weight is 332 g/mol. The fourth-order valence-corrected chi connectivity index (χ4v) is 2.32. The first kappa shape index (κ1) is 10.8. The van der Waals surface area contributed by atoms with Gasteiger partial charge in [0.25, 0.3) is 5.56 Å². The Morgan fingerprint density at radius 2 is 2.27 bits per heavy atom. The van der Waals surface area contributed by atoms with Gasteiger partial charge < -0.3 is 4.98 Å². The predicted octanol–water partition coefficient (Wildman–Crippen LogP) is 2.68. The van der Waals surface area contributed by atoms with Gasteiger partial charge in [0.1, 0.15) is 0 Å². The van der Waals surface area contributed by atoms with Crippen LogP contribution < -0.4 is 5.56 Å². The molecule has 0 amide bonds. The summed E-state index contributed by atoms with van der Waals surface area (Å²) in [5.41, 5.74) is 0.782. The molecular formula is C10H9IN2OS. The molecule has 5 heteroatoms. The average Bonchev–Trinajstić information content (AvgIpc) is 2.20. The Labute approximate surface area is 105 Å². The van der Waals surface area contributed by atoms with Crippen LogP contribution in [0.4, 0.5) is 0 Å². The Kier molecular flexibility index (Phi) is 2.92. The minimum atomic E-state index is -0.0187. The second kappa shape index (κ2) is 4.05. The molecule has 78 valence electrons. The van der Waals surface area contributed by atoms with Gasteiger partial charge in [-0.3, -0.25) is 9.36 Å². The molecule has 3 nitrogen and oxygen atoms in total. The fraction of sp³-hybridized carbons (Fsp3) is 0.200. The van der Waals surface area contributed by atoms with Gasteiger partial charge in [0.15, 0.2) is 4.77 Å². The van der Waals surface area contributed by atoms with Gasteiger partial charge in [-0.25, -0.2) is 0 Å². The van der Waals surface area contributed by atoms with Crippen LogP contribution in [0.3, 0.4) is 0 Å². The molecule has 1 aromatic carbocycles. The van der Waals surface area contributed by atoms with Gasteiger partial charge in [-0.15, -0.1) is 0 Å². The van der Waals surface area contributed by atoms with Crippen LogP contribution in [0.25, 0.3) is 10.9 Å². The third-order valence-electron chi connectivity index (χ3n) is 2.26. The standard InChI is InChI=1S/C10H9IN2OS/c1-2-13-9(14)7-5-6(11)3-4-8(7)12-10(13)15/h3-5H,2H2,1H3,(H,12,15). The van der Waals surface area contributed by atoms with E-state index in [-0.39, 0.29) is 5.56 Å². The lowest BCUT2D eigenvalue weighted by molar-refractivity contribution is 0.704. The summed E-state index contributed by atoms with van der Waals surface area (Å²) < 4.78 is 3.09. The van der Waals surface area contributed by atoms with E-state index in [0.29, 0.717) is 16.7 Å². The fourth-order valence-electron chi connectivity index (χ4n) is 1.51. The van der Waals surface area contributed by atoms with Crippen molar-refractivity contribution < 1.29 is 0 Å². The van der Waals surface area contributed by atoms with E-state index in [4.69, 9.17) is 12.2 Å². The van der Waals surface area contributed by atoms with Crippen molar-refractivity contribution >= 4 is 45.7 Å². The molecule has 0 saturated heterocycles. The number of benzene rings is 1. The van der Waals surface area contributed by atoms with Crippen molar-refractivity contribution in [2.24, 2.45) is 0 Å². The van der Waals surface area contributed by atoms with Gasteiger partial charge in [0, 0.05) is 10.1 Å². The topological polar surface area (TPSA) is 37.8 Å². The molecule has 0 aliphatic carbocycles. The Morgan fingerprint density at radius 3 is 2.93 bits per heavy atom. The lowest BCUT2D eigenvalue weighted by atomic mass is 10.2. The second-order valence-electron chi connectivity index (χ2n) is 3.17. The third-order valence-corrected chi connectivity index (χ3v) is 3.25. The summed E-state index contributed by atoms with van der Waals surface area (Å²) in [6.07, 6.45) is 0. The summed E-state index contributed by atoms with van der Waals surface area (Å²) in [7, 11) is 0. The molecule has 0 atom stereocenters. The number of hydrogen-bond acceptors (Lipinski definition) is 2. The van der Waals surface area contributed by atoms with Crippen LogP contribution in [0.1, 0.15) is 6.92 Å². The number of aromatic nitrogens is 2. The minimum absolute atomic E-state index is 0.0187. The van der Waals surface area contributed by atoms with E-state index in [1.807, 2.05) is 25.1 Å². The summed E-state index contributed by atoms with van der Waals surface area (Å²) in [4.78, 5) is 15.1. The first-order valence-electron chi connectivity index (χ1n) is 4.56. The van der Waals surface area contributed by atoms with E-state index in [1.165, 1.54) is 0 Å². The Hall–Kier alpha value is -0.690. The van der Waals surface area contributed by atoms with Crippen LogP contribution in [-0.4, -0.2) is 9.55 Å². The monoisotopic (exact) mass is 332 g/mol. The van der Waals surface area contributed by atoms with Crippen molar-refractivity contribution in [3.05, 3.63) is 36.9 Å². The Balaban J connectivity index is 2.99. The number of rotatable bonds is 1. The van der Waals surface area contributed by atoms with Gasteiger partial charge in [-0.05, 0) is 59.9 Å². The molecule has 0 fully saturated rings. The quantitative estimate of drug-likeness (QED) is 0.644. The van der Waals surface area contributed by atoms with Gasteiger partial charge in [-0.2, -0.15) is 0 Å². The molecule has 2 rings (SSSR count). The van der Waals surface area contributed by atoms with Gasteiger partial charge >= 0.3 is 0 Å². The number of nitrogens with one attached hydrogen (secondary N) is 1. The molecule has 0 aliphatic heterocycles. The lowest BCUT2D eigenvalue weighted by Crippen LogP contribution is -2.21. The maximum atomic E-state index is 12.0. The SMILES string of the molecule is CCn1c(=S)[nH]c2ccc(I)cc2c1=O. The first-order chi connectivity index (χ1) is 7.13. The highest BCUT2D eigenvalue weighted by Gasteiger charge is 2.03. The van der Waals surface area contributed by atoms with E-state index in [1.54, 1.807) is 4.57 Å². The number of nitrogens with zero attached hydrogens (tertiary/aromatic N) is 1. The predicted molar refractivity (Wildman–Crippen MR) is 71.8 cm³/mol. The number of hydrogen-bond donors (Lipinski definition) is 1. The zero-order valence-corrected chi connectivity index (χ0v) is 11.1. The number of halogens is 1. The second-order valence-corrected chi connectivity index (χ2v) is 4.80.